The van der Waals surface area contributed by atoms with Crippen molar-refractivity contribution >= 4 is 23.2 Å². The van der Waals surface area contributed by atoms with Crippen LogP contribution >= 0.6 is 11.3 Å². The van der Waals surface area contributed by atoms with Gasteiger partial charge in [-0.2, -0.15) is 0 Å². The zero-order valence-corrected chi connectivity index (χ0v) is 10.8. The molecule has 0 radical (unpaired) electrons. The number of ether oxygens (including phenoxy) is 1. The van der Waals surface area contributed by atoms with Gasteiger partial charge in [0.15, 0.2) is 0 Å². The number of rotatable bonds is 3. The third kappa shape index (κ3) is 2.85. The standard InChI is InChI=1S/C11H14N2O4S/c1-7-12-9(6-18-7)11(16)13-2-3-17-5-8(13)4-10(14)15/h6,8H,2-5H2,1H3,(H,14,15). The van der Waals surface area contributed by atoms with Gasteiger partial charge in [0.2, 0.25) is 0 Å². The number of hydrogen-bond acceptors (Lipinski definition) is 5. The van der Waals surface area contributed by atoms with Crippen LogP contribution in [0.25, 0.3) is 0 Å². The van der Waals surface area contributed by atoms with Crippen LogP contribution in [0.3, 0.4) is 0 Å². The maximum Gasteiger partial charge on any atom is 0.305 e. The van der Waals surface area contributed by atoms with Crippen molar-refractivity contribution < 1.29 is 19.4 Å². The fourth-order valence-electron chi connectivity index (χ4n) is 1.90. The van der Waals surface area contributed by atoms with Gasteiger partial charge >= 0.3 is 5.97 Å². The summed E-state index contributed by atoms with van der Waals surface area (Å²) in [5.41, 5.74) is 0.384. The fraction of sp³-hybridized carbons (Fsp3) is 0.545. The third-order valence-electron chi connectivity index (χ3n) is 2.74. The number of carbonyl (C=O) groups excluding carboxylic acids is 1. The number of nitrogens with zero attached hydrogens (tertiary/aromatic N) is 2. The summed E-state index contributed by atoms with van der Waals surface area (Å²) < 4.78 is 5.23. The number of hydrogen-bond donors (Lipinski definition) is 1. The van der Waals surface area contributed by atoms with Crippen LogP contribution < -0.4 is 0 Å². The maximum absolute atomic E-state index is 12.2. The van der Waals surface area contributed by atoms with Crippen LogP contribution in [-0.2, 0) is 9.53 Å². The summed E-state index contributed by atoms with van der Waals surface area (Å²) in [6.45, 7) is 2.94. The van der Waals surface area contributed by atoms with Crippen molar-refractivity contribution in [2.24, 2.45) is 0 Å². The van der Waals surface area contributed by atoms with Gasteiger partial charge in [-0.05, 0) is 6.92 Å². The Bertz CT molecular complexity index is 460. The van der Waals surface area contributed by atoms with Crippen LogP contribution in [0, 0.1) is 6.92 Å². The van der Waals surface area contributed by atoms with E-state index in [2.05, 4.69) is 4.98 Å². The molecule has 98 valence electrons. The molecule has 1 fully saturated rings. The van der Waals surface area contributed by atoms with Gasteiger partial charge < -0.3 is 14.7 Å². The van der Waals surface area contributed by atoms with E-state index in [1.807, 2.05) is 6.92 Å². The Morgan fingerprint density at radius 1 is 1.67 bits per heavy atom. The van der Waals surface area contributed by atoms with Crippen LogP contribution in [0.2, 0.25) is 0 Å². The van der Waals surface area contributed by atoms with Gasteiger partial charge in [-0.25, -0.2) is 4.98 Å². The minimum Gasteiger partial charge on any atom is -0.481 e. The zero-order valence-electron chi connectivity index (χ0n) is 9.96. The molecule has 0 spiro atoms. The van der Waals surface area contributed by atoms with Crippen molar-refractivity contribution in [3.8, 4) is 0 Å². The molecule has 0 aliphatic carbocycles. The molecule has 1 aliphatic rings. The molecule has 1 amide bonds. The van der Waals surface area contributed by atoms with Gasteiger partial charge in [0, 0.05) is 11.9 Å². The number of carboxylic acid groups (broad SMARTS) is 1. The number of aliphatic carboxylic acids is 1. The highest BCUT2D eigenvalue weighted by Crippen LogP contribution is 2.16. The predicted molar refractivity (Wildman–Crippen MR) is 64.7 cm³/mol. The van der Waals surface area contributed by atoms with Crippen LogP contribution in [0.5, 0.6) is 0 Å². The van der Waals surface area contributed by atoms with Gasteiger partial charge in [0.05, 0.1) is 30.7 Å². The second kappa shape index (κ2) is 5.45. The van der Waals surface area contributed by atoms with Crippen molar-refractivity contribution in [2.75, 3.05) is 19.8 Å². The number of aromatic nitrogens is 1. The fourth-order valence-corrected chi connectivity index (χ4v) is 2.49. The lowest BCUT2D eigenvalue weighted by molar-refractivity contribution is -0.139. The lowest BCUT2D eigenvalue weighted by Crippen LogP contribution is -2.49. The van der Waals surface area contributed by atoms with E-state index < -0.39 is 12.0 Å². The zero-order chi connectivity index (χ0) is 13.1. The molecule has 1 saturated heterocycles. The summed E-state index contributed by atoms with van der Waals surface area (Å²) >= 11 is 1.41. The van der Waals surface area contributed by atoms with Gasteiger partial charge in [0.25, 0.3) is 5.91 Å². The van der Waals surface area contributed by atoms with Crippen molar-refractivity contribution in [1.82, 2.24) is 9.88 Å². The minimum atomic E-state index is -0.933. The molecule has 0 aromatic carbocycles. The summed E-state index contributed by atoms with van der Waals surface area (Å²) in [6, 6.07) is -0.411. The molecule has 1 aliphatic heterocycles. The van der Waals surface area contributed by atoms with E-state index in [0.29, 0.717) is 18.8 Å². The quantitative estimate of drug-likeness (QED) is 0.877. The van der Waals surface area contributed by atoms with Gasteiger partial charge in [0.1, 0.15) is 5.69 Å². The number of morpholine rings is 1. The Morgan fingerprint density at radius 2 is 2.44 bits per heavy atom. The van der Waals surface area contributed by atoms with Crippen molar-refractivity contribution in [3.63, 3.8) is 0 Å². The molecule has 0 bridgehead atoms. The summed E-state index contributed by atoms with van der Waals surface area (Å²) in [5, 5.41) is 11.4. The molecule has 1 atom stereocenters. The first-order valence-corrected chi connectivity index (χ1v) is 6.48. The first-order chi connectivity index (χ1) is 8.58. The highest BCUT2D eigenvalue weighted by atomic mass is 32.1. The molecular formula is C11H14N2O4S. The van der Waals surface area contributed by atoms with Crippen molar-refractivity contribution in [3.05, 3.63) is 16.1 Å². The van der Waals surface area contributed by atoms with E-state index >= 15 is 0 Å². The molecule has 1 aromatic heterocycles. The molecule has 6 nitrogen and oxygen atoms in total. The summed E-state index contributed by atoms with van der Waals surface area (Å²) in [6.07, 6.45) is -0.102. The number of carboxylic acids is 1. The van der Waals surface area contributed by atoms with Crippen LogP contribution in [-0.4, -0.2) is 52.7 Å². The number of thiazole rings is 1. The molecule has 1 aromatic rings. The Labute approximate surface area is 108 Å². The SMILES string of the molecule is Cc1nc(C(=O)N2CCOCC2CC(=O)O)cs1. The van der Waals surface area contributed by atoms with Gasteiger partial charge in [-0.3, -0.25) is 9.59 Å². The third-order valence-corrected chi connectivity index (χ3v) is 3.51. The van der Waals surface area contributed by atoms with Crippen LogP contribution in [0.1, 0.15) is 21.9 Å². The van der Waals surface area contributed by atoms with Crippen molar-refractivity contribution in [2.45, 2.75) is 19.4 Å². The highest BCUT2D eigenvalue weighted by Gasteiger charge is 2.30. The average molecular weight is 270 g/mol. The highest BCUT2D eigenvalue weighted by molar-refractivity contribution is 7.09. The molecule has 0 saturated carbocycles. The van der Waals surface area contributed by atoms with Crippen LogP contribution in [0.4, 0.5) is 0 Å². The van der Waals surface area contributed by atoms with E-state index in [4.69, 9.17) is 9.84 Å². The smallest absolute Gasteiger partial charge is 0.305 e. The largest absolute Gasteiger partial charge is 0.481 e. The Hall–Kier alpha value is -1.47. The van der Waals surface area contributed by atoms with E-state index in [-0.39, 0.29) is 18.9 Å². The maximum atomic E-state index is 12.2. The lowest BCUT2D eigenvalue weighted by Gasteiger charge is -2.34. The van der Waals surface area contributed by atoms with Gasteiger partial charge in [-0.15, -0.1) is 11.3 Å². The molecule has 2 rings (SSSR count). The lowest BCUT2D eigenvalue weighted by atomic mass is 10.1. The second-order valence-electron chi connectivity index (χ2n) is 4.08. The Balaban J connectivity index is 2.13. The predicted octanol–water partition coefficient (Wildman–Crippen LogP) is 0.767. The molecule has 1 unspecified atom stereocenters. The van der Waals surface area contributed by atoms with E-state index in [0.717, 1.165) is 5.01 Å². The van der Waals surface area contributed by atoms with Crippen molar-refractivity contribution in [1.29, 1.82) is 0 Å². The average Bonchev–Trinajstić information content (AvgIpc) is 2.75. The van der Waals surface area contributed by atoms with E-state index in [9.17, 15) is 9.59 Å². The Kier molecular flexibility index (Phi) is 3.93. The van der Waals surface area contributed by atoms with Gasteiger partial charge in [-0.1, -0.05) is 0 Å². The molecule has 18 heavy (non-hydrogen) atoms. The van der Waals surface area contributed by atoms with E-state index in [1.165, 1.54) is 11.3 Å². The summed E-state index contributed by atoms with van der Waals surface area (Å²) in [5.74, 6) is -1.15. The molecule has 2 heterocycles. The number of carbonyl (C=O) groups is 2. The first-order valence-electron chi connectivity index (χ1n) is 5.60. The number of aryl methyl sites for hydroxylation is 1. The normalized spacial score (nSPS) is 19.8. The monoisotopic (exact) mass is 270 g/mol. The van der Waals surface area contributed by atoms with Crippen LogP contribution in [0.15, 0.2) is 5.38 Å². The minimum absolute atomic E-state index is 0.102. The summed E-state index contributed by atoms with van der Waals surface area (Å²) in [7, 11) is 0. The summed E-state index contributed by atoms with van der Waals surface area (Å²) in [4.78, 5) is 28.7. The topological polar surface area (TPSA) is 79.7 Å². The number of amides is 1. The molecular weight excluding hydrogens is 256 g/mol. The Morgan fingerprint density at radius 3 is 3.06 bits per heavy atom. The molecule has 7 heteroatoms. The second-order valence-corrected chi connectivity index (χ2v) is 5.14. The van der Waals surface area contributed by atoms with E-state index in [1.54, 1.807) is 10.3 Å². The molecule has 1 N–H and O–H groups in total. The first kappa shape index (κ1) is 13.0.